The molecule has 1 heteroatoms. The van der Waals surface area contributed by atoms with Crippen LogP contribution in [0.5, 0.6) is 0 Å². The number of nitrogens with one attached hydrogen (secondary N) is 1. The molecule has 1 fully saturated rings. The Labute approximate surface area is 92.9 Å². The molecule has 0 heterocycles. The molecule has 82 valence electrons. The summed E-state index contributed by atoms with van der Waals surface area (Å²) in [5.41, 5.74) is 4.00. The summed E-state index contributed by atoms with van der Waals surface area (Å²) in [6, 6.07) is 7.23. The topological polar surface area (TPSA) is 12.0 Å². The highest BCUT2D eigenvalue weighted by Crippen LogP contribution is 2.34. The van der Waals surface area contributed by atoms with Crippen LogP contribution < -0.4 is 5.32 Å². The molecule has 0 amide bonds. The van der Waals surface area contributed by atoms with E-state index in [4.69, 9.17) is 0 Å². The number of anilines is 1. The molecule has 1 N–H and O–H groups in total. The molecule has 0 bridgehead atoms. The van der Waals surface area contributed by atoms with Crippen molar-refractivity contribution >= 4 is 5.69 Å². The quantitative estimate of drug-likeness (QED) is 0.782. The van der Waals surface area contributed by atoms with Gasteiger partial charge in [0.25, 0.3) is 0 Å². The molecule has 1 saturated carbocycles. The molecule has 0 spiro atoms. The van der Waals surface area contributed by atoms with E-state index in [1.807, 2.05) is 0 Å². The fourth-order valence-electron chi connectivity index (χ4n) is 2.15. The first-order valence-electron chi connectivity index (χ1n) is 5.99. The highest BCUT2D eigenvalue weighted by atomic mass is 14.9. The maximum absolute atomic E-state index is 3.61. The maximum Gasteiger partial charge on any atom is 0.0372 e. The van der Waals surface area contributed by atoms with Crippen molar-refractivity contribution in [3.05, 3.63) is 29.3 Å². The number of rotatable bonds is 4. The lowest BCUT2D eigenvalue weighted by atomic mass is 10.1. The average molecular weight is 203 g/mol. The van der Waals surface area contributed by atoms with Crippen LogP contribution in [0.3, 0.4) is 0 Å². The van der Waals surface area contributed by atoms with Gasteiger partial charge in [-0.15, -0.1) is 0 Å². The number of aryl methyl sites for hydroxylation is 2. The second kappa shape index (κ2) is 4.26. The molecule has 1 unspecified atom stereocenters. The van der Waals surface area contributed by atoms with Crippen LogP contribution in [-0.4, -0.2) is 6.04 Å². The molecule has 1 aromatic carbocycles. The molecular weight excluding hydrogens is 182 g/mol. The summed E-state index contributed by atoms with van der Waals surface area (Å²) in [5.74, 6) is 0.998. The minimum absolute atomic E-state index is 0.610. The van der Waals surface area contributed by atoms with E-state index in [2.05, 4.69) is 44.3 Å². The van der Waals surface area contributed by atoms with Gasteiger partial charge >= 0.3 is 0 Å². The third kappa shape index (κ3) is 2.98. The van der Waals surface area contributed by atoms with Gasteiger partial charge in [0.15, 0.2) is 0 Å². The molecule has 1 aliphatic rings. The molecule has 1 aliphatic carbocycles. The van der Waals surface area contributed by atoms with Crippen LogP contribution in [0.25, 0.3) is 0 Å². The summed E-state index contributed by atoms with van der Waals surface area (Å²) < 4.78 is 0. The summed E-state index contributed by atoms with van der Waals surface area (Å²) in [6.45, 7) is 6.61. The molecular formula is C14H21N. The Kier molecular flexibility index (Phi) is 2.99. The standard InChI is InChI=1S/C14H21N/c1-10-4-7-14(11(2)8-10)15-12(3)9-13-5-6-13/h4,7-8,12-13,15H,5-6,9H2,1-3H3. The lowest BCUT2D eigenvalue weighted by Gasteiger charge is -2.17. The molecule has 0 aromatic heterocycles. The van der Waals surface area contributed by atoms with Crippen molar-refractivity contribution in [1.82, 2.24) is 0 Å². The Morgan fingerprint density at radius 1 is 1.33 bits per heavy atom. The van der Waals surface area contributed by atoms with Crippen molar-refractivity contribution in [2.75, 3.05) is 5.32 Å². The summed E-state index contributed by atoms with van der Waals surface area (Å²) >= 11 is 0. The zero-order valence-corrected chi connectivity index (χ0v) is 10.0. The summed E-state index contributed by atoms with van der Waals surface area (Å²) in [5, 5.41) is 3.61. The van der Waals surface area contributed by atoms with Crippen LogP contribution in [0, 0.1) is 19.8 Å². The predicted molar refractivity (Wildman–Crippen MR) is 66.3 cm³/mol. The second-order valence-electron chi connectivity index (χ2n) is 5.04. The zero-order valence-electron chi connectivity index (χ0n) is 10.0. The van der Waals surface area contributed by atoms with E-state index >= 15 is 0 Å². The van der Waals surface area contributed by atoms with Gasteiger partial charge in [0.2, 0.25) is 0 Å². The van der Waals surface area contributed by atoms with Crippen molar-refractivity contribution in [2.24, 2.45) is 5.92 Å². The van der Waals surface area contributed by atoms with Crippen LogP contribution in [0.2, 0.25) is 0 Å². The Bertz CT molecular complexity index is 339. The van der Waals surface area contributed by atoms with Crippen LogP contribution in [0.15, 0.2) is 18.2 Å². The molecule has 0 saturated heterocycles. The fourth-order valence-corrected chi connectivity index (χ4v) is 2.15. The predicted octanol–water partition coefficient (Wildman–Crippen LogP) is 3.90. The lowest BCUT2D eigenvalue weighted by molar-refractivity contribution is 0.642. The van der Waals surface area contributed by atoms with E-state index < -0.39 is 0 Å². The Morgan fingerprint density at radius 2 is 2.07 bits per heavy atom. The van der Waals surface area contributed by atoms with Gasteiger partial charge in [-0.3, -0.25) is 0 Å². The van der Waals surface area contributed by atoms with E-state index in [9.17, 15) is 0 Å². The monoisotopic (exact) mass is 203 g/mol. The molecule has 0 aliphatic heterocycles. The van der Waals surface area contributed by atoms with Crippen LogP contribution >= 0.6 is 0 Å². The lowest BCUT2D eigenvalue weighted by Crippen LogP contribution is -2.16. The Balaban J connectivity index is 1.96. The Hall–Kier alpha value is -0.980. The minimum Gasteiger partial charge on any atom is -0.382 e. The van der Waals surface area contributed by atoms with Gasteiger partial charge in [0.05, 0.1) is 0 Å². The maximum atomic E-state index is 3.61. The smallest absolute Gasteiger partial charge is 0.0372 e. The molecule has 2 rings (SSSR count). The van der Waals surface area contributed by atoms with E-state index in [-0.39, 0.29) is 0 Å². The van der Waals surface area contributed by atoms with Crippen molar-refractivity contribution in [3.8, 4) is 0 Å². The van der Waals surface area contributed by atoms with E-state index in [1.54, 1.807) is 0 Å². The number of benzene rings is 1. The highest BCUT2D eigenvalue weighted by molar-refractivity contribution is 5.52. The van der Waals surface area contributed by atoms with Crippen molar-refractivity contribution in [3.63, 3.8) is 0 Å². The van der Waals surface area contributed by atoms with E-state index in [0.717, 1.165) is 5.92 Å². The minimum atomic E-state index is 0.610. The third-order valence-corrected chi connectivity index (χ3v) is 3.17. The first-order chi connectivity index (χ1) is 7.15. The van der Waals surface area contributed by atoms with Crippen molar-refractivity contribution < 1.29 is 0 Å². The van der Waals surface area contributed by atoms with Gasteiger partial charge in [0, 0.05) is 11.7 Å². The third-order valence-electron chi connectivity index (χ3n) is 3.17. The van der Waals surface area contributed by atoms with Gasteiger partial charge < -0.3 is 5.32 Å². The average Bonchev–Trinajstić information content (AvgIpc) is 2.94. The van der Waals surface area contributed by atoms with Crippen LogP contribution in [-0.2, 0) is 0 Å². The second-order valence-corrected chi connectivity index (χ2v) is 5.04. The highest BCUT2D eigenvalue weighted by Gasteiger charge is 2.23. The van der Waals surface area contributed by atoms with Gasteiger partial charge in [-0.2, -0.15) is 0 Å². The summed E-state index contributed by atoms with van der Waals surface area (Å²) in [7, 11) is 0. The summed E-state index contributed by atoms with van der Waals surface area (Å²) in [4.78, 5) is 0. The van der Waals surface area contributed by atoms with Gasteiger partial charge in [-0.05, 0) is 44.7 Å². The zero-order chi connectivity index (χ0) is 10.8. The van der Waals surface area contributed by atoms with Crippen LogP contribution in [0.4, 0.5) is 5.69 Å². The van der Waals surface area contributed by atoms with Crippen LogP contribution in [0.1, 0.15) is 37.3 Å². The molecule has 0 radical (unpaired) electrons. The SMILES string of the molecule is Cc1ccc(NC(C)CC2CC2)c(C)c1. The molecule has 1 aromatic rings. The number of hydrogen-bond donors (Lipinski definition) is 1. The largest absolute Gasteiger partial charge is 0.382 e. The van der Waals surface area contributed by atoms with Crippen molar-refractivity contribution in [2.45, 2.75) is 46.1 Å². The Morgan fingerprint density at radius 3 is 2.67 bits per heavy atom. The normalized spacial score (nSPS) is 17.5. The fraction of sp³-hybridized carbons (Fsp3) is 0.571. The van der Waals surface area contributed by atoms with Gasteiger partial charge in [0.1, 0.15) is 0 Å². The van der Waals surface area contributed by atoms with Crippen molar-refractivity contribution in [1.29, 1.82) is 0 Å². The number of hydrogen-bond acceptors (Lipinski definition) is 1. The van der Waals surface area contributed by atoms with Gasteiger partial charge in [-0.25, -0.2) is 0 Å². The molecule has 15 heavy (non-hydrogen) atoms. The summed E-state index contributed by atoms with van der Waals surface area (Å²) in [6.07, 6.45) is 4.21. The first kappa shape index (κ1) is 10.5. The first-order valence-corrected chi connectivity index (χ1v) is 5.99. The van der Waals surface area contributed by atoms with E-state index in [0.29, 0.717) is 6.04 Å². The molecule has 1 atom stereocenters. The van der Waals surface area contributed by atoms with Gasteiger partial charge in [-0.1, -0.05) is 30.5 Å². The van der Waals surface area contributed by atoms with E-state index in [1.165, 1.54) is 36.1 Å². The molecule has 1 nitrogen and oxygen atoms in total.